The Kier molecular flexibility index (Phi) is 7.09. The summed E-state index contributed by atoms with van der Waals surface area (Å²) in [5, 5.41) is 2.77. The molecule has 0 aliphatic carbocycles. The van der Waals surface area contributed by atoms with Crippen LogP contribution in [0.1, 0.15) is 29.6 Å². The van der Waals surface area contributed by atoms with Crippen molar-refractivity contribution < 1.29 is 17.6 Å². The molecule has 2 aromatic rings. The van der Waals surface area contributed by atoms with Gasteiger partial charge < -0.3 is 5.32 Å². The lowest BCUT2D eigenvalue weighted by Crippen LogP contribution is -2.29. The Morgan fingerprint density at radius 1 is 1.11 bits per heavy atom. The smallest absolute Gasteiger partial charge is 0.251 e. The van der Waals surface area contributed by atoms with Crippen LogP contribution in [0.5, 0.6) is 0 Å². The van der Waals surface area contributed by atoms with Crippen LogP contribution in [-0.4, -0.2) is 44.0 Å². The van der Waals surface area contributed by atoms with Crippen LogP contribution in [0.4, 0.5) is 4.39 Å². The number of carbonyl (C=O) groups excluding carboxylic acids is 1. The second-order valence-electron chi connectivity index (χ2n) is 6.53. The van der Waals surface area contributed by atoms with Crippen LogP contribution in [0.25, 0.3) is 0 Å². The van der Waals surface area contributed by atoms with E-state index in [-0.39, 0.29) is 5.56 Å². The Hall–Kier alpha value is -1.90. The summed E-state index contributed by atoms with van der Waals surface area (Å²) in [7, 11) is -3.91. The maximum atomic E-state index is 14.2. The van der Waals surface area contributed by atoms with Crippen molar-refractivity contribution in [1.82, 2.24) is 9.62 Å². The maximum Gasteiger partial charge on any atom is 0.251 e. The van der Waals surface area contributed by atoms with Crippen molar-refractivity contribution in [3.8, 4) is 0 Å². The van der Waals surface area contributed by atoms with Gasteiger partial charge in [0.1, 0.15) is 10.7 Å². The second kappa shape index (κ2) is 9.54. The first kappa shape index (κ1) is 20.8. The molecule has 28 heavy (non-hydrogen) atoms. The highest BCUT2D eigenvalue weighted by molar-refractivity contribution is 7.99. The molecule has 0 unspecified atom stereocenters. The molecule has 1 heterocycles. The summed E-state index contributed by atoms with van der Waals surface area (Å²) in [6.07, 6.45) is 2.30. The van der Waals surface area contributed by atoms with E-state index in [1.807, 2.05) is 30.3 Å². The number of carbonyl (C=O) groups is 1. The Labute approximate surface area is 169 Å². The Balaban J connectivity index is 1.56. The number of rotatable bonds is 8. The predicted octanol–water partition coefficient (Wildman–Crippen LogP) is 3.52. The number of hydrogen-bond acceptors (Lipinski definition) is 4. The third kappa shape index (κ3) is 5.12. The van der Waals surface area contributed by atoms with E-state index in [0.29, 0.717) is 19.6 Å². The summed E-state index contributed by atoms with van der Waals surface area (Å²) >= 11 is 1.70. The van der Waals surface area contributed by atoms with Crippen molar-refractivity contribution in [1.29, 1.82) is 0 Å². The van der Waals surface area contributed by atoms with Crippen LogP contribution in [-0.2, 0) is 10.0 Å². The Bertz CT molecular complexity index is 914. The minimum absolute atomic E-state index is 0.148. The van der Waals surface area contributed by atoms with Crippen molar-refractivity contribution >= 4 is 27.7 Å². The highest BCUT2D eigenvalue weighted by Crippen LogP contribution is 2.24. The third-order valence-electron chi connectivity index (χ3n) is 4.49. The number of halogens is 1. The standard InChI is InChI=1S/C20H23FN2O3S2/c21-18-10-9-16(15-19(18)28(25,26)23-12-4-5-13-23)20(24)22-11-6-14-27-17-7-2-1-3-8-17/h1-3,7-10,15H,4-6,11-14H2,(H,22,24). The normalized spacial score (nSPS) is 14.9. The van der Waals surface area contributed by atoms with Gasteiger partial charge in [-0.05, 0) is 55.3 Å². The van der Waals surface area contributed by atoms with E-state index in [4.69, 9.17) is 0 Å². The fourth-order valence-electron chi connectivity index (χ4n) is 2.99. The Morgan fingerprint density at radius 2 is 1.82 bits per heavy atom. The molecule has 8 heteroatoms. The lowest BCUT2D eigenvalue weighted by Gasteiger charge is -2.16. The largest absolute Gasteiger partial charge is 0.352 e. The quantitative estimate of drug-likeness (QED) is 0.522. The van der Waals surface area contributed by atoms with Gasteiger partial charge in [-0.25, -0.2) is 12.8 Å². The third-order valence-corrected chi connectivity index (χ3v) is 7.51. The monoisotopic (exact) mass is 422 g/mol. The molecule has 1 aliphatic heterocycles. The van der Waals surface area contributed by atoms with Gasteiger partial charge in [0.25, 0.3) is 5.91 Å². The molecule has 0 spiro atoms. The SMILES string of the molecule is O=C(NCCCSc1ccccc1)c1ccc(F)c(S(=O)(=O)N2CCCC2)c1. The fourth-order valence-corrected chi connectivity index (χ4v) is 5.47. The summed E-state index contributed by atoms with van der Waals surface area (Å²) in [6, 6.07) is 13.5. The van der Waals surface area contributed by atoms with Crippen molar-refractivity contribution in [2.45, 2.75) is 29.1 Å². The Morgan fingerprint density at radius 3 is 2.54 bits per heavy atom. The van der Waals surface area contributed by atoms with Gasteiger partial charge in [0.15, 0.2) is 0 Å². The molecule has 0 bridgehead atoms. The van der Waals surface area contributed by atoms with Crippen LogP contribution in [0, 0.1) is 5.82 Å². The van der Waals surface area contributed by atoms with Crippen LogP contribution in [0.3, 0.4) is 0 Å². The molecular formula is C20H23FN2O3S2. The summed E-state index contributed by atoms with van der Waals surface area (Å²) < 4.78 is 40.7. The second-order valence-corrected chi connectivity index (χ2v) is 9.60. The average molecular weight is 423 g/mol. The van der Waals surface area contributed by atoms with Gasteiger partial charge in [-0.15, -0.1) is 11.8 Å². The highest BCUT2D eigenvalue weighted by atomic mass is 32.2. The van der Waals surface area contributed by atoms with Gasteiger partial charge in [-0.3, -0.25) is 4.79 Å². The van der Waals surface area contributed by atoms with Gasteiger partial charge >= 0.3 is 0 Å². The molecule has 1 aliphatic rings. The number of sulfonamides is 1. The molecule has 0 aromatic heterocycles. The first-order valence-electron chi connectivity index (χ1n) is 9.24. The molecule has 1 fully saturated rings. The van der Waals surface area contributed by atoms with E-state index in [0.717, 1.165) is 37.1 Å². The first-order valence-corrected chi connectivity index (χ1v) is 11.7. The van der Waals surface area contributed by atoms with Gasteiger partial charge in [0, 0.05) is 30.1 Å². The van der Waals surface area contributed by atoms with E-state index >= 15 is 0 Å². The molecule has 1 amide bonds. The topological polar surface area (TPSA) is 66.5 Å². The molecule has 1 N–H and O–H groups in total. The van der Waals surface area contributed by atoms with Gasteiger partial charge in [0.05, 0.1) is 0 Å². The molecule has 0 radical (unpaired) electrons. The first-order chi connectivity index (χ1) is 13.5. The van der Waals surface area contributed by atoms with Gasteiger partial charge in [-0.1, -0.05) is 18.2 Å². The number of thioether (sulfide) groups is 1. The number of nitrogens with one attached hydrogen (secondary N) is 1. The van der Waals surface area contributed by atoms with Gasteiger partial charge in [0.2, 0.25) is 10.0 Å². The molecule has 150 valence electrons. The van der Waals surface area contributed by atoms with E-state index in [9.17, 15) is 17.6 Å². The molecule has 1 saturated heterocycles. The van der Waals surface area contributed by atoms with Crippen molar-refractivity contribution in [3.05, 3.63) is 59.9 Å². The molecule has 0 saturated carbocycles. The van der Waals surface area contributed by atoms with Crippen molar-refractivity contribution in [3.63, 3.8) is 0 Å². The number of hydrogen-bond donors (Lipinski definition) is 1. The lowest BCUT2D eigenvalue weighted by molar-refractivity contribution is 0.0953. The van der Waals surface area contributed by atoms with E-state index in [1.54, 1.807) is 11.8 Å². The number of nitrogens with zero attached hydrogens (tertiary/aromatic N) is 1. The van der Waals surface area contributed by atoms with Crippen LogP contribution >= 0.6 is 11.8 Å². The van der Waals surface area contributed by atoms with Crippen molar-refractivity contribution in [2.24, 2.45) is 0 Å². The van der Waals surface area contributed by atoms with E-state index < -0.39 is 26.6 Å². The highest BCUT2D eigenvalue weighted by Gasteiger charge is 2.30. The molecule has 5 nitrogen and oxygen atoms in total. The molecule has 2 aromatic carbocycles. The predicted molar refractivity (Wildman–Crippen MR) is 109 cm³/mol. The minimum Gasteiger partial charge on any atom is -0.352 e. The van der Waals surface area contributed by atoms with Crippen LogP contribution < -0.4 is 5.32 Å². The van der Waals surface area contributed by atoms with Crippen LogP contribution in [0.15, 0.2) is 58.3 Å². The van der Waals surface area contributed by atoms with E-state index in [2.05, 4.69) is 5.32 Å². The average Bonchev–Trinajstić information content (AvgIpc) is 3.24. The number of benzene rings is 2. The zero-order valence-electron chi connectivity index (χ0n) is 15.4. The lowest BCUT2D eigenvalue weighted by atomic mass is 10.2. The zero-order chi connectivity index (χ0) is 20.0. The fraction of sp³-hybridized carbons (Fsp3) is 0.350. The van der Waals surface area contributed by atoms with Gasteiger partial charge in [-0.2, -0.15) is 4.31 Å². The summed E-state index contributed by atoms with van der Waals surface area (Å²) in [5.74, 6) is -0.382. The minimum atomic E-state index is -3.91. The number of amides is 1. The maximum absolute atomic E-state index is 14.2. The summed E-state index contributed by atoms with van der Waals surface area (Å²) in [4.78, 5) is 13.1. The van der Waals surface area contributed by atoms with Crippen LogP contribution in [0.2, 0.25) is 0 Å². The molecular weight excluding hydrogens is 399 g/mol. The zero-order valence-corrected chi connectivity index (χ0v) is 17.1. The summed E-state index contributed by atoms with van der Waals surface area (Å²) in [6.45, 7) is 1.23. The summed E-state index contributed by atoms with van der Waals surface area (Å²) in [5.41, 5.74) is 0.148. The molecule has 3 rings (SSSR count). The van der Waals surface area contributed by atoms with Crippen molar-refractivity contribution in [2.75, 3.05) is 25.4 Å². The molecule has 0 atom stereocenters. The van der Waals surface area contributed by atoms with E-state index in [1.165, 1.54) is 15.3 Å².